The molecule has 0 bridgehead atoms. The number of hydrogen-bond acceptors (Lipinski definition) is 3. The molecule has 0 unspecified atom stereocenters. The highest BCUT2D eigenvalue weighted by atomic mass is 16.4. The molecule has 2 N–H and O–H groups in total. The second-order valence-corrected chi connectivity index (χ2v) is 7.02. The Morgan fingerprint density at radius 2 is 1.84 bits per heavy atom. The van der Waals surface area contributed by atoms with Gasteiger partial charge in [-0.15, -0.1) is 0 Å². The SMILES string of the molecule is CC(=O)NCc1ccc(C(=O)N2[C@H](C(=O)O)C[C@H]3CCCC[C@@H]32)cc1. The lowest BCUT2D eigenvalue weighted by Gasteiger charge is -2.33. The monoisotopic (exact) mass is 344 g/mol. The van der Waals surface area contributed by atoms with Crippen molar-refractivity contribution in [2.24, 2.45) is 5.92 Å². The minimum Gasteiger partial charge on any atom is -0.480 e. The Morgan fingerprint density at radius 1 is 1.16 bits per heavy atom. The van der Waals surface area contributed by atoms with E-state index in [0.717, 1.165) is 31.2 Å². The molecule has 2 fully saturated rings. The summed E-state index contributed by atoms with van der Waals surface area (Å²) in [5, 5.41) is 12.3. The molecule has 3 rings (SSSR count). The van der Waals surface area contributed by atoms with E-state index in [-0.39, 0.29) is 17.9 Å². The largest absolute Gasteiger partial charge is 0.480 e. The highest BCUT2D eigenvalue weighted by Crippen LogP contribution is 2.40. The zero-order valence-electron chi connectivity index (χ0n) is 14.4. The summed E-state index contributed by atoms with van der Waals surface area (Å²) in [5.41, 5.74) is 1.41. The Kier molecular flexibility index (Phi) is 5.06. The molecular formula is C19H24N2O4. The number of carbonyl (C=O) groups is 3. The molecule has 6 heteroatoms. The lowest BCUT2D eigenvalue weighted by molar-refractivity contribution is -0.141. The van der Waals surface area contributed by atoms with Gasteiger partial charge < -0.3 is 15.3 Å². The first-order valence-electron chi connectivity index (χ1n) is 8.86. The number of carboxylic acids is 1. The summed E-state index contributed by atoms with van der Waals surface area (Å²) in [6, 6.07) is 6.35. The van der Waals surface area contributed by atoms with E-state index in [1.807, 2.05) is 0 Å². The summed E-state index contributed by atoms with van der Waals surface area (Å²) >= 11 is 0. The van der Waals surface area contributed by atoms with Crippen LogP contribution in [0.3, 0.4) is 0 Å². The van der Waals surface area contributed by atoms with Crippen LogP contribution in [0.4, 0.5) is 0 Å². The van der Waals surface area contributed by atoms with Crippen molar-refractivity contribution in [3.63, 3.8) is 0 Å². The predicted octanol–water partition coefficient (Wildman–Crippen LogP) is 2.18. The van der Waals surface area contributed by atoms with Crippen LogP contribution < -0.4 is 5.32 Å². The van der Waals surface area contributed by atoms with Crippen molar-refractivity contribution in [3.05, 3.63) is 35.4 Å². The van der Waals surface area contributed by atoms with E-state index in [4.69, 9.17) is 0 Å². The van der Waals surface area contributed by atoms with Gasteiger partial charge in [-0.2, -0.15) is 0 Å². The van der Waals surface area contributed by atoms with E-state index >= 15 is 0 Å². The van der Waals surface area contributed by atoms with Crippen LogP contribution in [-0.2, 0) is 16.1 Å². The van der Waals surface area contributed by atoms with Gasteiger partial charge in [0.15, 0.2) is 0 Å². The van der Waals surface area contributed by atoms with Gasteiger partial charge in [0, 0.05) is 25.1 Å². The first kappa shape index (κ1) is 17.5. The van der Waals surface area contributed by atoms with E-state index in [1.165, 1.54) is 6.92 Å². The lowest BCUT2D eigenvalue weighted by atomic mass is 9.84. The molecule has 2 aliphatic rings. The minimum absolute atomic E-state index is 0.0430. The first-order chi connectivity index (χ1) is 12.0. The van der Waals surface area contributed by atoms with Gasteiger partial charge in [-0.3, -0.25) is 9.59 Å². The molecule has 1 aromatic rings. The fraction of sp³-hybridized carbons (Fsp3) is 0.526. The van der Waals surface area contributed by atoms with Gasteiger partial charge in [-0.25, -0.2) is 4.79 Å². The number of hydrogen-bond donors (Lipinski definition) is 2. The smallest absolute Gasteiger partial charge is 0.326 e. The van der Waals surface area contributed by atoms with E-state index < -0.39 is 12.0 Å². The average Bonchev–Trinajstić information content (AvgIpc) is 2.99. The number of aliphatic carboxylic acids is 1. The number of nitrogens with one attached hydrogen (secondary N) is 1. The Morgan fingerprint density at radius 3 is 2.48 bits per heavy atom. The zero-order valence-corrected chi connectivity index (χ0v) is 14.4. The van der Waals surface area contributed by atoms with Gasteiger partial charge in [0.2, 0.25) is 5.91 Å². The molecule has 134 valence electrons. The van der Waals surface area contributed by atoms with Crippen molar-refractivity contribution < 1.29 is 19.5 Å². The highest BCUT2D eigenvalue weighted by Gasteiger charge is 2.47. The number of rotatable bonds is 4. The van der Waals surface area contributed by atoms with Gasteiger partial charge in [0.25, 0.3) is 5.91 Å². The van der Waals surface area contributed by atoms with Gasteiger partial charge in [-0.1, -0.05) is 25.0 Å². The van der Waals surface area contributed by atoms with Crippen LogP contribution in [0.2, 0.25) is 0 Å². The molecule has 0 aromatic heterocycles. The third-order valence-electron chi connectivity index (χ3n) is 5.35. The van der Waals surface area contributed by atoms with Crippen molar-refractivity contribution in [2.75, 3.05) is 0 Å². The first-order valence-corrected chi connectivity index (χ1v) is 8.86. The lowest BCUT2D eigenvalue weighted by Crippen LogP contribution is -2.46. The van der Waals surface area contributed by atoms with E-state index in [9.17, 15) is 19.5 Å². The third kappa shape index (κ3) is 3.67. The summed E-state index contributed by atoms with van der Waals surface area (Å²) in [7, 11) is 0. The molecule has 1 saturated heterocycles. The average molecular weight is 344 g/mol. The molecule has 1 saturated carbocycles. The number of fused-ring (bicyclic) bond motifs is 1. The maximum Gasteiger partial charge on any atom is 0.326 e. The van der Waals surface area contributed by atoms with E-state index in [0.29, 0.717) is 24.4 Å². The van der Waals surface area contributed by atoms with Crippen molar-refractivity contribution in [2.45, 2.75) is 57.7 Å². The number of nitrogens with zero attached hydrogens (tertiary/aromatic N) is 1. The van der Waals surface area contributed by atoms with Gasteiger partial charge in [0.1, 0.15) is 6.04 Å². The van der Waals surface area contributed by atoms with Crippen LogP contribution in [0.25, 0.3) is 0 Å². The van der Waals surface area contributed by atoms with E-state index in [1.54, 1.807) is 29.2 Å². The maximum absolute atomic E-state index is 13.0. The maximum atomic E-state index is 13.0. The summed E-state index contributed by atoms with van der Waals surface area (Å²) < 4.78 is 0. The minimum atomic E-state index is -0.912. The third-order valence-corrected chi connectivity index (χ3v) is 5.35. The molecule has 1 aliphatic carbocycles. The molecule has 3 atom stereocenters. The van der Waals surface area contributed by atoms with Crippen molar-refractivity contribution >= 4 is 17.8 Å². The molecule has 2 amide bonds. The quantitative estimate of drug-likeness (QED) is 0.876. The fourth-order valence-corrected chi connectivity index (χ4v) is 4.11. The summed E-state index contributed by atoms with van der Waals surface area (Å²) in [6.45, 7) is 1.87. The predicted molar refractivity (Wildman–Crippen MR) is 91.9 cm³/mol. The van der Waals surface area contributed by atoms with Crippen molar-refractivity contribution in [3.8, 4) is 0 Å². The summed E-state index contributed by atoms with van der Waals surface area (Å²) in [5.74, 6) is -0.916. The summed E-state index contributed by atoms with van der Waals surface area (Å²) in [6.07, 6.45) is 4.63. The Hall–Kier alpha value is -2.37. The van der Waals surface area contributed by atoms with Crippen LogP contribution >= 0.6 is 0 Å². The summed E-state index contributed by atoms with van der Waals surface area (Å²) in [4.78, 5) is 37.2. The standard InChI is InChI=1S/C19H24N2O4/c1-12(22)20-11-13-6-8-14(9-7-13)18(23)21-16-5-3-2-4-15(16)10-17(21)19(24)25/h6-9,15-17H,2-5,10-11H2,1H3,(H,20,22)(H,24,25)/t15-,16+,17+/m1/s1. The fourth-order valence-electron chi connectivity index (χ4n) is 4.11. The van der Waals surface area contributed by atoms with Crippen molar-refractivity contribution in [1.29, 1.82) is 0 Å². The Labute approximate surface area is 147 Å². The Bertz CT molecular complexity index is 671. The molecule has 6 nitrogen and oxygen atoms in total. The Balaban J connectivity index is 1.78. The van der Waals surface area contributed by atoms with Gasteiger partial charge in [-0.05, 0) is 42.9 Å². The van der Waals surface area contributed by atoms with Crippen LogP contribution in [0.1, 0.15) is 54.9 Å². The molecule has 25 heavy (non-hydrogen) atoms. The molecule has 0 spiro atoms. The second kappa shape index (κ2) is 7.25. The molecule has 1 aromatic carbocycles. The zero-order chi connectivity index (χ0) is 18.0. The highest BCUT2D eigenvalue weighted by molar-refractivity contribution is 5.97. The normalized spacial score (nSPS) is 25.3. The van der Waals surface area contributed by atoms with Gasteiger partial charge in [0.05, 0.1) is 0 Å². The van der Waals surface area contributed by atoms with Crippen LogP contribution in [-0.4, -0.2) is 39.9 Å². The molecule has 1 heterocycles. The topological polar surface area (TPSA) is 86.7 Å². The molecule has 1 aliphatic heterocycles. The molecular weight excluding hydrogens is 320 g/mol. The van der Waals surface area contributed by atoms with E-state index in [2.05, 4.69) is 5.32 Å². The van der Waals surface area contributed by atoms with Gasteiger partial charge >= 0.3 is 5.97 Å². The number of likely N-dealkylation sites (tertiary alicyclic amines) is 1. The number of carboxylic acid groups (broad SMARTS) is 1. The number of benzene rings is 1. The van der Waals surface area contributed by atoms with Crippen LogP contribution in [0, 0.1) is 5.92 Å². The van der Waals surface area contributed by atoms with Crippen molar-refractivity contribution in [1.82, 2.24) is 10.2 Å². The van der Waals surface area contributed by atoms with Crippen LogP contribution in [0.15, 0.2) is 24.3 Å². The van der Waals surface area contributed by atoms with Crippen LogP contribution in [0.5, 0.6) is 0 Å². The number of carbonyl (C=O) groups excluding carboxylic acids is 2. The second-order valence-electron chi connectivity index (χ2n) is 7.02. The number of amides is 2. The molecule has 0 radical (unpaired) electrons.